The highest BCUT2D eigenvalue weighted by molar-refractivity contribution is 5.78. The quantitative estimate of drug-likeness (QED) is 0.690. The van der Waals surface area contributed by atoms with Crippen LogP contribution in [0.4, 0.5) is 4.39 Å². The van der Waals surface area contributed by atoms with Gasteiger partial charge in [-0.3, -0.25) is 19.4 Å². The highest BCUT2D eigenvalue weighted by Gasteiger charge is 2.21. The summed E-state index contributed by atoms with van der Waals surface area (Å²) < 4.78 is 14.6. The molecule has 7 heteroatoms. The Bertz CT molecular complexity index is 824. The normalized spacial score (nSPS) is 12.6. The van der Waals surface area contributed by atoms with Crippen molar-refractivity contribution in [3.8, 4) is 0 Å². The maximum absolute atomic E-state index is 13.1. The number of aliphatic hydroxyl groups excluding tert-OH is 1. The van der Waals surface area contributed by atoms with Crippen LogP contribution in [0.2, 0.25) is 0 Å². The molecule has 0 bridgehead atoms. The van der Waals surface area contributed by atoms with E-state index in [0.717, 1.165) is 0 Å². The zero-order chi connectivity index (χ0) is 20.8. The fourth-order valence-corrected chi connectivity index (χ4v) is 3.07. The average Bonchev–Trinajstić information content (AvgIpc) is 2.92. The standard InChI is InChI=1S/C21H30FN3O3/c1-14(2)11-24(13-19(26)16-5-7-17(22)8-6-16)20(27)9-18-10-21(28)25(23-18)12-15(3)4/h5-8,10,14-15,19,23,26H,9,11-13H2,1-4H3. The van der Waals surface area contributed by atoms with Gasteiger partial charge in [0.2, 0.25) is 5.91 Å². The van der Waals surface area contributed by atoms with E-state index in [0.29, 0.717) is 30.3 Å². The van der Waals surface area contributed by atoms with Crippen LogP contribution in [0.3, 0.4) is 0 Å². The molecule has 0 aliphatic heterocycles. The molecule has 0 spiro atoms. The molecule has 1 aromatic carbocycles. The van der Waals surface area contributed by atoms with Crippen LogP contribution < -0.4 is 5.56 Å². The highest BCUT2D eigenvalue weighted by atomic mass is 19.1. The van der Waals surface area contributed by atoms with Crippen molar-refractivity contribution in [2.45, 2.75) is 46.8 Å². The van der Waals surface area contributed by atoms with Gasteiger partial charge in [0.1, 0.15) is 5.82 Å². The summed E-state index contributed by atoms with van der Waals surface area (Å²) in [6.45, 7) is 9.16. The van der Waals surface area contributed by atoms with E-state index in [-0.39, 0.29) is 36.2 Å². The molecule has 1 aromatic heterocycles. The van der Waals surface area contributed by atoms with Crippen molar-refractivity contribution in [3.05, 3.63) is 57.8 Å². The van der Waals surface area contributed by atoms with Crippen molar-refractivity contribution in [1.82, 2.24) is 14.7 Å². The minimum atomic E-state index is -0.909. The van der Waals surface area contributed by atoms with Crippen LogP contribution in [0.5, 0.6) is 0 Å². The summed E-state index contributed by atoms with van der Waals surface area (Å²) in [6, 6.07) is 7.05. The lowest BCUT2D eigenvalue weighted by Crippen LogP contribution is -2.38. The van der Waals surface area contributed by atoms with Gasteiger partial charge in [-0.05, 0) is 29.5 Å². The van der Waals surface area contributed by atoms with Crippen molar-refractivity contribution < 1.29 is 14.3 Å². The lowest BCUT2D eigenvalue weighted by atomic mass is 10.1. The van der Waals surface area contributed by atoms with Gasteiger partial charge in [0.05, 0.1) is 19.1 Å². The molecule has 0 aliphatic rings. The number of carbonyl (C=O) groups is 1. The Morgan fingerprint density at radius 1 is 1.14 bits per heavy atom. The number of H-pyrrole nitrogens is 1. The molecule has 0 saturated carbocycles. The number of nitrogens with one attached hydrogen (secondary N) is 1. The monoisotopic (exact) mass is 391 g/mol. The van der Waals surface area contributed by atoms with Crippen molar-refractivity contribution in [2.75, 3.05) is 13.1 Å². The van der Waals surface area contributed by atoms with Gasteiger partial charge in [-0.25, -0.2) is 4.39 Å². The summed E-state index contributed by atoms with van der Waals surface area (Å²) >= 11 is 0. The summed E-state index contributed by atoms with van der Waals surface area (Å²) in [7, 11) is 0. The number of rotatable bonds is 9. The molecule has 0 radical (unpaired) electrons. The van der Waals surface area contributed by atoms with E-state index in [1.165, 1.54) is 35.0 Å². The largest absolute Gasteiger partial charge is 0.387 e. The zero-order valence-electron chi connectivity index (χ0n) is 17.0. The molecule has 0 aliphatic carbocycles. The number of aromatic nitrogens is 2. The van der Waals surface area contributed by atoms with E-state index < -0.39 is 6.10 Å². The number of amides is 1. The van der Waals surface area contributed by atoms with E-state index in [1.54, 1.807) is 4.90 Å². The topological polar surface area (TPSA) is 78.3 Å². The molecule has 2 N–H and O–H groups in total. The minimum Gasteiger partial charge on any atom is -0.387 e. The van der Waals surface area contributed by atoms with Crippen molar-refractivity contribution in [3.63, 3.8) is 0 Å². The van der Waals surface area contributed by atoms with Crippen LogP contribution in [-0.4, -0.2) is 38.8 Å². The summed E-state index contributed by atoms with van der Waals surface area (Å²) in [5.41, 5.74) is 0.957. The van der Waals surface area contributed by atoms with Crippen LogP contribution in [0.1, 0.15) is 45.1 Å². The molecule has 0 fully saturated rings. The molecule has 2 rings (SSSR count). The molecule has 2 aromatic rings. The van der Waals surface area contributed by atoms with Gasteiger partial charge in [0.25, 0.3) is 5.56 Å². The van der Waals surface area contributed by atoms with E-state index in [1.807, 2.05) is 27.7 Å². The predicted octanol–water partition coefficient (Wildman–Crippen LogP) is 2.73. The summed E-state index contributed by atoms with van der Waals surface area (Å²) in [6.07, 6.45) is -0.851. The number of aromatic amines is 1. The Kier molecular flexibility index (Phi) is 7.57. The fraction of sp³-hybridized carbons (Fsp3) is 0.524. The molecule has 1 unspecified atom stereocenters. The number of halogens is 1. The first-order valence-corrected chi connectivity index (χ1v) is 9.65. The second-order valence-electron chi connectivity index (χ2n) is 8.06. The third-order valence-corrected chi connectivity index (χ3v) is 4.32. The Hall–Kier alpha value is -2.41. The van der Waals surface area contributed by atoms with Crippen LogP contribution in [0, 0.1) is 17.7 Å². The summed E-state index contributed by atoms with van der Waals surface area (Å²) in [5, 5.41) is 13.5. The highest BCUT2D eigenvalue weighted by Crippen LogP contribution is 2.16. The lowest BCUT2D eigenvalue weighted by Gasteiger charge is -2.27. The van der Waals surface area contributed by atoms with E-state index in [2.05, 4.69) is 5.10 Å². The number of nitrogens with zero attached hydrogens (tertiary/aromatic N) is 2. The number of benzene rings is 1. The van der Waals surface area contributed by atoms with Gasteiger partial charge < -0.3 is 10.0 Å². The van der Waals surface area contributed by atoms with Gasteiger partial charge in [-0.15, -0.1) is 0 Å². The Labute approximate surface area is 165 Å². The molecule has 6 nitrogen and oxygen atoms in total. The third kappa shape index (κ3) is 6.34. The molecule has 0 saturated heterocycles. The maximum atomic E-state index is 13.1. The number of aliphatic hydroxyl groups is 1. The number of hydrogen-bond donors (Lipinski definition) is 2. The first kappa shape index (κ1) is 21.9. The van der Waals surface area contributed by atoms with Crippen LogP contribution in [0.15, 0.2) is 35.1 Å². The Morgan fingerprint density at radius 2 is 1.79 bits per heavy atom. The molecule has 28 heavy (non-hydrogen) atoms. The smallest absolute Gasteiger partial charge is 0.266 e. The summed E-state index contributed by atoms with van der Waals surface area (Å²) in [5.74, 6) is -0.0223. The summed E-state index contributed by atoms with van der Waals surface area (Å²) in [4.78, 5) is 26.5. The molecule has 154 valence electrons. The van der Waals surface area contributed by atoms with Gasteiger partial charge in [0, 0.05) is 24.8 Å². The first-order valence-electron chi connectivity index (χ1n) is 9.65. The lowest BCUT2D eigenvalue weighted by molar-refractivity contribution is -0.132. The van der Waals surface area contributed by atoms with Gasteiger partial charge in [0.15, 0.2) is 0 Å². The van der Waals surface area contributed by atoms with E-state index in [4.69, 9.17) is 0 Å². The van der Waals surface area contributed by atoms with Gasteiger partial charge >= 0.3 is 0 Å². The van der Waals surface area contributed by atoms with Gasteiger partial charge in [-0.2, -0.15) is 0 Å². The second kappa shape index (κ2) is 9.68. The second-order valence-corrected chi connectivity index (χ2v) is 8.06. The predicted molar refractivity (Wildman–Crippen MR) is 106 cm³/mol. The maximum Gasteiger partial charge on any atom is 0.266 e. The molecule has 1 atom stereocenters. The average molecular weight is 391 g/mol. The zero-order valence-corrected chi connectivity index (χ0v) is 17.0. The minimum absolute atomic E-state index is 0.0587. The number of hydrogen-bond acceptors (Lipinski definition) is 3. The van der Waals surface area contributed by atoms with Crippen LogP contribution in [0.25, 0.3) is 0 Å². The van der Waals surface area contributed by atoms with Crippen molar-refractivity contribution in [1.29, 1.82) is 0 Å². The number of carbonyl (C=O) groups excluding carboxylic acids is 1. The SMILES string of the molecule is CC(C)CN(CC(O)c1ccc(F)cc1)C(=O)Cc1cc(=O)n(CC(C)C)[nH]1. The van der Waals surface area contributed by atoms with Crippen LogP contribution >= 0.6 is 0 Å². The molecule has 1 heterocycles. The van der Waals surface area contributed by atoms with Crippen LogP contribution in [-0.2, 0) is 17.8 Å². The molecular weight excluding hydrogens is 361 g/mol. The third-order valence-electron chi connectivity index (χ3n) is 4.32. The van der Waals surface area contributed by atoms with Gasteiger partial charge in [-0.1, -0.05) is 39.8 Å². The Morgan fingerprint density at radius 3 is 2.36 bits per heavy atom. The van der Waals surface area contributed by atoms with Crippen molar-refractivity contribution >= 4 is 5.91 Å². The fourth-order valence-electron chi connectivity index (χ4n) is 3.07. The van der Waals surface area contributed by atoms with Crippen molar-refractivity contribution in [2.24, 2.45) is 11.8 Å². The molecule has 1 amide bonds. The van der Waals surface area contributed by atoms with E-state index >= 15 is 0 Å². The van der Waals surface area contributed by atoms with E-state index in [9.17, 15) is 19.1 Å². The molecular formula is C21H30FN3O3. The Balaban J connectivity index is 2.10. The first-order chi connectivity index (χ1) is 13.2.